The molecule has 0 aromatic carbocycles. The first-order valence-electron chi connectivity index (χ1n) is 5.03. The molecule has 5 heteroatoms. The van der Waals surface area contributed by atoms with E-state index in [1.54, 1.807) is 0 Å². The van der Waals surface area contributed by atoms with Crippen LogP contribution in [0.5, 0.6) is 0 Å². The molecule has 0 radical (unpaired) electrons. The lowest BCUT2D eigenvalue weighted by Crippen LogP contribution is -2.21. The van der Waals surface area contributed by atoms with Crippen LogP contribution in [0, 0.1) is 11.3 Å². The zero-order valence-electron chi connectivity index (χ0n) is 7.85. The Morgan fingerprint density at radius 2 is 2.07 bits per heavy atom. The lowest BCUT2D eigenvalue weighted by molar-refractivity contribution is 0.500. The molecule has 5 nitrogen and oxygen atoms in total. The van der Waals surface area contributed by atoms with E-state index in [2.05, 4.69) is 26.5 Å². The fourth-order valence-corrected chi connectivity index (χ4v) is 1.65. The molecule has 3 aliphatic rings. The first kappa shape index (κ1) is 8.04. The van der Waals surface area contributed by atoms with E-state index in [0.717, 1.165) is 25.7 Å². The topological polar surface area (TPSA) is 73.2 Å². The van der Waals surface area contributed by atoms with Gasteiger partial charge >= 0.3 is 0 Å². The summed E-state index contributed by atoms with van der Waals surface area (Å²) in [6.07, 6.45) is 4.96. The second-order valence-electron chi connectivity index (χ2n) is 4.48. The van der Waals surface area contributed by atoms with Crippen molar-refractivity contribution < 1.29 is 0 Å². The highest BCUT2D eigenvalue weighted by atomic mass is 15.4. The zero-order chi connectivity index (χ0) is 9.65. The van der Waals surface area contributed by atoms with Gasteiger partial charge in [0, 0.05) is 6.42 Å². The van der Waals surface area contributed by atoms with Gasteiger partial charge in [0.05, 0.1) is 11.6 Å². The lowest BCUT2D eigenvalue weighted by atomic mass is 10.0. The Balaban J connectivity index is 1.79. The maximum Gasteiger partial charge on any atom is 0.277 e. The molecule has 14 heavy (non-hydrogen) atoms. The van der Waals surface area contributed by atoms with Crippen LogP contribution in [0.4, 0.5) is 0 Å². The van der Waals surface area contributed by atoms with Gasteiger partial charge in [0.2, 0.25) is 0 Å². The van der Waals surface area contributed by atoms with Crippen LogP contribution >= 0.6 is 0 Å². The highest BCUT2D eigenvalue weighted by Crippen LogP contribution is 2.52. The van der Waals surface area contributed by atoms with Gasteiger partial charge in [0.15, 0.2) is 0 Å². The van der Waals surface area contributed by atoms with Crippen LogP contribution in [0.15, 0.2) is 20.5 Å². The molecule has 0 aromatic heterocycles. The first-order valence-corrected chi connectivity index (χ1v) is 5.03. The standard InChI is InChI=1S/C9H11N5/c10-6-9(13-11-7-1-2-7)5-8(3-4-8)12-14-9/h7H,1-5H2/t9-/m1/s1. The van der Waals surface area contributed by atoms with E-state index in [1.807, 2.05) is 0 Å². The van der Waals surface area contributed by atoms with E-state index in [4.69, 9.17) is 5.26 Å². The van der Waals surface area contributed by atoms with E-state index in [-0.39, 0.29) is 5.54 Å². The Hall–Kier alpha value is -1.31. The number of azo groups is 2. The predicted molar refractivity (Wildman–Crippen MR) is 47.7 cm³/mol. The van der Waals surface area contributed by atoms with Crippen molar-refractivity contribution in [3.63, 3.8) is 0 Å². The van der Waals surface area contributed by atoms with Gasteiger partial charge < -0.3 is 0 Å². The van der Waals surface area contributed by atoms with Crippen molar-refractivity contribution in [2.75, 3.05) is 0 Å². The molecule has 1 spiro atoms. The predicted octanol–water partition coefficient (Wildman–Crippen LogP) is 2.21. The molecule has 0 aromatic rings. The molecule has 0 unspecified atom stereocenters. The minimum atomic E-state index is -0.973. The Morgan fingerprint density at radius 3 is 2.57 bits per heavy atom. The molecule has 1 aliphatic heterocycles. The Kier molecular flexibility index (Phi) is 1.37. The summed E-state index contributed by atoms with van der Waals surface area (Å²) in [6.45, 7) is 0. The van der Waals surface area contributed by atoms with Crippen LogP contribution in [0.2, 0.25) is 0 Å². The van der Waals surface area contributed by atoms with Crippen molar-refractivity contribution in [3.8, 4) is 6.07 Å². The normalized spacial score (nSPS) is 37.9. The maximum absolute atomic E-state index is 9.05. The van der Waals surface area contributed by atoms with Crippen LogP contribution in [0.25, 0.3) is 0 Å². The van der Waals surface area contributed by atoms with Crippen molar-refractivity contribution in [2.45, 2.75) is 49.3 Å². The maximum atomic E-state index is 9.05. The van der Waals surface area contributed by atoms with Gasteiger partial charge in [0.25, 0.3) is 5.66 Å². The average molecular weight is 189 g/mol. The molecule has 72 valence electrons. The van der Waals surface area contributed by atoms with E-state index in [0.29, 0.717) is 12.5 Å². The number of nitrogens with zero attached hydrogens (tertiary/aromatic N) is 5. The van der Waals surface area contributed by atoms with Gasteiger partial charge in [-0.2, -0.15) is 15.5 Å². The van der Waals surface area contributed by atoms with E-state index >= 15 is 0 Å². The molecular formula is C9H11N5. The second kappa shape index (κ2) is 2.38. The van der Waals surface area contributed by atoms with Gasteiger partial charge in [-0.1, -0.05) is 0 Å². The summed E-state index contributed by atoms with van der Waals surface area (Å²) in [5.74, 6) is 0. The Morgan fingerprint density at radius 1 is 1.29 bits per heavy atom. The summed E-state index contributed by atoms with van der Waals surface area (Å²) in [6, 6.07) is 2.49. The number of hydrogen-bond acceptors (Lipinski definition) is 5. The summed E-state index contributed by atoms with van der Waals surface area (Å²) in [5, 5.41) is 25.4. The monoisotopic (exact) mass is 189 g/mol. The number of nitriles is 1. The van der Waals surface area contributed by atoms with Gasteiger partial charge in [0.1, 0.15) is 6.07 Å². The van der Waals surface area contributed by atoms with Gasteiger partial charge in [-0.15, -0.1) is 10.2 Å². The third-order valence-corrected chi connectivity index (χ3v) is 2.94. The van der Waals surface area contributed by atoms with Crippen molar-refractivity contribution in [3.05, 3.63) is 0 Å². The summed E-state index contributed by atoms with van der Waals surface area (Å²) < 4.78 is 0. The molecule has 0 bridgehead atoms. The summed E-state index contributed by atoms with van der Waals surface area (Å²) in [5.41, 5.74) is -1.00. The zero-order valence-corrected chi connectivity index (χ0v) is 7.85. The first-order chi connectivity index (χ1) is 6.76. The molecular weight excluding hydrogens is 178 g/mol. The Labute approximate surface area is 81.9 Å². The van der Waals surface area contributed by atoms with Gasteiger partial charge in [-0.25, -0.2) is 0 Å². The van der Waals surface area contributed by atoms with Crippen molar-refractivity contribution in [1.29, 1.82) is 5.26 Å². The summed E-state index contributed by atoms with van der Waals surface area (Å²) >= 11 is 0. The SMILES string of the molecule is N#C[C@@]1(N=NC2CC2)CC2(CC2)N=N1. The third-order valence-electron chi connectivity index (χ3n) is 2.94. The molecule has 2 fully saturated rings. The summed E-state index contributed by atoms with van der Waals surface area (Å²) in [4.78, 5) is 0. The fourth-order valence-electron chi connectivity index (χ4n) is 1.65. The number of rotatable bonds is 2. The van der Waals surface area contributed by atoms with Crippen LogP contribution in [-0.4, -0.2) is 17.2 Å². The summed E-state index contributed by atoms with van der Waals surface area (Å²) in [7, 11) is 0. The average Bonchev–Trinajstić information content (AvgIpc) is 3.06. The fraction of sp³-hybridized carbons (Fsp3) is 0.889. The van der Waals surface area contributed by atoms with Crippen LogP contribution in [-0.2, 0) is 0 Å². The molecule has 0 N–H and O–H groups in total. The number of hydrogen-bond donors (Lipinski definition) is 0. The minimum Gasteiger partial charge on any atom is -0.193 e. The Bertz CT molecular complexity index is 358. The molecule has 0 amide bonds. The highest BCUT2D eigenvalue weighted by Gasteiger charge is 2.55. The smallest absolute Gasteiger partial charge is 0.193 e. The molecule has 1 atom stereocenters. The minimum absolute atomic E-state index is 0.0295. The quantitative estimate of drug-likeness (QED) is 0.613. The van der Waals surface area contributed by atoms with Crippen LogP contribution < -0.4 is 0 Å². The van der Waals surface area contributed by atoms with Crippen LogP contribution in [0.1, 0.15) is 32.1 Å². The molecule has 3 rings (SSSR count). The third kappa shape index (κ3) is 1.22. The highest BCUT2D eigenvalue weighted by molar-refractivity contribution is 5.19. The molecule has 1 heterocycles. The molecule has 0 saturated heterocycles. The van der Waals surface area contributed by atoms with E-state index < -0.39 is 5.66 Å². The van der Waals surface area contributed by atoms with Crippen LogP contribution in [0.3, 0.4) is 0 Å². The van der Waals surface area contributed by atoms with Crippen molar-refractivity contribution >= 4 is 0 Å². The second-order valence-corrected chi connectivity index (χ2v) is 4.48. The van der Waals surface area contributed by atoms with E-state index in [1.165, 1.54) is 0 Å². The van der Waals surface area contributed by atoms with E-state index in [9.17, 15) is 0 Å². The lowest BCUT2D eigenvalue weighted by Gasteiger charge is -2.08. The van der Waals surface area contributed by atoms with Crippen molar-refractivity contribution in [2.24, 2.45) is 20.5 Å². The van der Waals surface area contributed by atoms with Crippen molar-refractivity contribution in [1.82, 2.24) is 0 Å². The van der Waals surface area contributed by atoms with Gasteiger partial charge in [-0.05, 0) is 25.7 Å². The molecule has 2 saturated carbocycles. The largest absolute Gasteiger partial charge is 0.277 e. The molecule has 2 aliphatic carbocycles. The van der Waals surface area contributed by atoms with Gasteiger partial charge in [-0.3, -0.25) is 0 Å².